The summed E-state index contributed by atoms with van der Waals surface area (Å²) in [6.07, 6.45) is 3.08. The first-order valence-corrected chi connectivity index (χ1v) is 8.23. The number of carbonyl (C=O) groups excluding carboxylic acids is 1. The second-order valence-corrected chi connectivity index (χ2v) is 6.53. The van der Waals surface area contributed by atoms with Crippen LogP contribution in [-0.4, -0.2) is 16.0 Å². The highest BCUT2D eigenvalue weighted by atomic mass is 79.9. The number of rotatable bonds is 3. The maximum atomic E-state index is 12.0. The molecule has 0 aliphatic heterocycles. The summed E-state index contributed by atoms with van der Waals surface area (Å²) < 4.78 is 0.732. The van der Waals surface area contributed by atoms with E-state index in [0.717, 1.165) is 10.2 Å². The Labute approximate surface area is 149 Å². The van der Waals surface area contributed by atoms with Crippen molar-refractivity contribution >= 4 is 44.9 Å². The molecule has 0 unspecified atom stereocenters. The molecule has 2 rings (SSSR count). The van der Waals surface area contributed by atoms with E-state index in [1.807, 2.05) is 24.3 Å². The number of hydrazine groups is 1. The number of hydrogen-bond acceptors (Lipinski definition) is 3. The van der Waals surface area contributed by atoms with Gasteiger partial charge in [0.1, 0.15) is 0 Å². The van der Waals surface area contributed by atoms with Crippen molar-refractivity contribution < 1.29 is 4.79 Å². The van der Waals surface area contributed by atoms with E-state index in [9.17, 15) is 4.79 Å². The highest BCUT2D eigenvalue weighted by molar-refractivity contribution is 9.10. The Hall–Kier alpha value is -1.99. The average Bonchev–Trinajstić information content (AvgIpc) is 2.53. The van der Waals surface area contributed by atoms with Crippen LogP contribution in [0.5, 0.6) is 0 Å². The predicted molar refractivity (Wildman–Crippen MR) is 99.3 cm³/mol. The molecule has 1 amide bonds. The Kier molecular flexibility index (Phi) is 6.06. The third kappa shape index (κ3) is 5.30. The predicted octanol–water partition coefficient (Wildman–Crippen LogP) is 3.60. The van der Waals surface area contributed by atoms with Crippen molar-refractivity contribution in [2.24, 2.45) is 0 Å². The minimum absolute atomic E-state index is 0.304. The van der Waals surface area contributed by atoms with Crippen molar-refractivity contribution in [2.75, 3.05) is 5.32 Å². The van der Waals surface area contributed by atoms with Crippen LogP contribution >= 0.6 is 28.1 Å². The van der Waals surface area contributed by atoms with Crippen LogP contribution in [0, 0.1) is 0 Å². The smallest absolute Gasteiger partial charge is 0.271 e. The van der Waals surface area contributed by atoms with E-state index in [0.29, 0.717) is 16.6 Å². The number of amides is 1. The van der Waals surface area contributed by atoms with Crippen molar-refractivity contribution in [3.8, 4) is 0 Å². The zero-order valence-corrected chi connectivity index (χ0v) is 15.2. The monoisotopic (exact) mass is 392 g/mol. The largest absolute Gasteiger partial charge is 0.331 e. The number of carbonyl (C=O) groups is 1. The van der Waals surface area contributed by atoms with Gasteiger partial charge in [0.25, 0.3) is 5.91 Å². The highest BCUT2D eigenvalue weighted by Crippen LogP contribution is 2.17. The van der Waals surface area contributed by atoms with Gasteiger partial charge in [0.2, 0.25) is 0 Å². The number of nitrogens with one attached hydrogen (secondary N) is 3. The molecule has 23 heavy (non-hydrogen) atoms. The van der Waals surface area contributed by atoms with Crippen LogP contribution in [0.3, 0.4) is 0 Å². The van der Waals surface area contributed by atoms with E-state index in [-0.39, 0.29) is 5.91 Å². The molecule has 0 bridgehead atoms. The summed E-state index contributed by atoms with van der Waals surface area (Å²) in [5, 5.41) is 3.31. The molecule has 0 spiro atoms. The lowest BCUT2D eigenvalue weighted by Gasteiger charge is -2.12. The van der Waals surface area contributed by atoms with E-state index >= 15 is 0 Å². The fourth-order valence-corrected chi connectivity index (χ4v) is 2.37. The molecule has 2 aromatic rings. The number of pyridine rings is 1. The van der Waals surface area contributed by atoms with Crippen LogP contribution in [0.25, 0.3) is 0 Å². The van der Waals surface area contributed by atoms with Gasteiger partial charge in [0.05, 0.1) is 5.56 Å². The molecule has 120 valence electrons. The standard InChI is InChI=1S/C16H17BrN4OS/c1-10(2)11-3-5-14(6-4-11)19-16(23)21-20-15(22)12-7-13(17)9-18-8-12/h3-10H,1-2H3,(H,20,22)(H2,19,21,23). The maximum absolute atomic E-state index is 12.0. The number of aromatic nitrogens is 1. The second-order valence-electron chi connectivity index (χ2n) is 5.20. The normalized spacial score (nSPS) is 10.3. The van der Waals surface area contributed by atoms with Gasteiger partial charge < -0.3 is 5.32 Å². The maximum Gasteiger partial charge on any atom is 0.271 e. The second kappa shape index (κ2) is 8.03. The summed E-state index contributed by atoms with van der Waals surface area (Å²) in [6, 6.07) is 9.65. The van der Waals surface area contributed by atoms with E-state index in [1.54, 1.807) is 12.3 Å². The Morgan fingerprint density at radius 2 is 1.87 bits per heavy atom. The third-order valence-corrected chi connectivity index (χ3v) is 3.73. The van der Waals surface area contributed by atoms with Gasteiger partial charge >= 0.3 is 0 Å². The van der Waals surface area contributed by atoms with E-state index in [4.69, 9.17) is 12.2 Å². The molecule has 0 fully saturated rings. The van der Waals surface area contributed by atoms with Gasteiger partial charge in [-0.05, 0) is 57.8 Å². The Balaban J connectivity index is 1.86. The molecule has 5 nitrogen and oxygen atoms in total. The van der Waals surface area contributed by atoms with Gasteiger partial charge in [-0.25, -0.2) is 0 Å². The molecule has 0 radical (unpaired) electrons. The number of anilines is 1. The fraction of sp³-hybridized carbons (Fsp3) is 0.188. The summed E-state index contributed by atoms with van der Waals surface area (Å²) in [5.41, 5.74) is 7.72. The molecule has 0 atom stereocenters. The van der Waals surface area contributed by atoms with Gasteiger partial charge in [0.15, 0.2) is 5.11 Å². The van der Waals surface area contributed by atoms with Crippen LogP contribution in [0.1, 0.15) is 35.7 Å². The first-order chi connectivity index (χ1) is 11.0. The van der Waals surface area contributed by atoms with Crippen LogP contribution in [-0.2, 0) is 0 Å². The summed E-state index contributed by atoms with van der Waals surface area (Å²) in [6.45, 7) is 4.28. The van der Waals surface area contributed by atoms with Crippen molar-refractivity contribution in [3.05, 3.63) is 58.3 Å². The number of thiocarbonyl (C=S) groups is 1. The molecule has 0 aliphatic carbocycles. The Morgan fingerprint density at radius 3 is 2.48 bits per heavy atom. The van der Waals surface area contributed by atoms with Crippen molar-refractivity contribution in [2.45, 2.75) is 19.8 Å². The summed E-state index contributed by atoms with van der Waals surface area (Å²) in [4.78, 5) is 15.9. The molecular formula is C16H17BrN4OS. The number of nitrogens with zero attached hydrogens (tertiary/aromatic N) is 1. The van der Waals surface area contributed by atoms with Crippen molar-refractivity contribution in [1.29, 1.82) is 0 Å². The van der Waals surface area contributed by atoms with E-state index in [1.165, 1.54) is 11.8 Å². The van der Waals surface area contributed by atoms with Crippen LogP contribution in [0.15, 0.2) is 47.2 Å². The third-order valence-electron chi connectivity index (χ3n) is 3.09. The SMILES string of the molecule is CC(C)c1ccc(NC(=S)NNC(=O)c2cncc(Br)c2)cc1. The lowest BCUT2D eigenvalue weighted by atomic mass is 10.0. The first-order valence-electron chi connectivity index (χ1n) is 7.03. The quantitative estimate of drug-likeness (QED) is 0.549. The molecule has 0 aliphatic rings. The summed E-state index contributed by atoms with van der Waals surface area (Å²) in [7, 11) is 0. The first kappa shape index (κ1) is 17.4. The minimum Gasteiger partial charge on any atom is -0.331 e. The van der Waals surface area contributed by atoms with Crippen LogP contribution in [0.2, 0.25) is 0 Å². The number of benzene rings is 1. The van der Waals surface area contributed by atoms with Gasteiger partial charge in [0, 0.05) is 22.6 Å². The molecule has 1 aromatic carbocycles. The van der Waals surface area contributed by atoms with Crippen LogP contribution in [0.4, 0.5) is 5.69 Å². The molecule has 0 saturated carbocycles. The molecular weight excluding hydrogens is 376 g/mol. The average molecular weight is 393 g/mol. The zero-order chi connectivity index (χ0) is 16.8. The fourth-order valence-electron chi connectivity index (χ4n) is 1.84. The molecule has 7 heteroatoms. The van der Waals surface area contributed by atoms with E-state index in [2.05, 4.69) is 50.9 Å². The van der Waals surface area contributed by atoms with E-state index < -0.39 is 0 Å². The molecule has 1 heterocycles. The lowest BCUT2D eigenvalue weighted by Crippen LogP contribution is -2.43. The minimum atomic E-state index is -0.321. The Morgan fingerprint density at radius 1 is 1.17 bits per heavy atom. The number of halogens is 1. The topological polar surface area (TPSA) is 66.0 Å². The molecule has 3 N–H and O–H groups in total. The zero-order valence-electron chi connectivity index (χ0n) is 12.8. The highest BCUT2D eigenvalue weighted by Gasteiger charge is 2.07. The van der Waals surface area contributed by atoms with Gasteiger partial charge in [-0.15, -0.1) is 0 Å². The molecule has 1 aromatic heterocycles. The summed E-state index contributed by atoms with van der Waals surface area (Å²) >= 11 is 8.42. The number of hydrogen-bond donors (Lipinski definition) is 3. The van der Waals surface area contributed by atoms with Crippen molar-refractivity contribution in [1.82, 2.24) is 15.8 Å². The van der Waals surface area contributed by atoms with Crippen molar-refractivity contribution in [3.63, 3.8) is 0 Å². The van der Waals surface area contributed by atoms with Gasteiger partial charge in [-0.3, -0.25) is 20.6 Å². The lowest BCUT2D eigenvalue weighted by molar-refractivity contribution is 0.0943. The Bertz CT molecular complexity index is 703. The summed E-state index contributed by atoms with van der Waals surface area (Å²) in [5.74, 6) is 0.158. The van der Waals surface area contributed by atoms with Crippen LogP contribution < -0.4 is 16.2 Å². The van der Waals surface area contributed by atoms with Gasteiger partial charge in [-0.1, -0.05) is 26.0 Å². The molecule has 0 saturated heterocycles. The van der Waals surface area contributed by atoms with Gasteiger partial charge in [-0.2, -0.15) is 0 Å².